The predicted octanol–water partition coefficient (Wildman–Crippen LogP) is 4.09. The van der Waals surface area contributed by atoms with Crippen molar-refractivity contribution in [3.05, 3.63) is 46.1 Å². The highest BCUT2D eigenvalue weighted by atomic mass is 35.5. The predicted molar refractivity (Wildman–Crippen MR) is 87.7 cm³/mol. The molecule has 0 spiro atoms. The van der Waals surface area contributed by atoms with Crippen molar-refractivity contribution >= 4 is 17.4 Å². The van der Waals surface area contributed by atoms with Gasteiger partial charge >= 0.3 is 0 Å². The highest BCUT2D eigenvalue weighted by Crippen LogP contribution is 2.35. The van der Waals surface area contributed by atoms with Crippen molar-refractivity contribution in [2.75, 3.05) is 5.73 Å². The van der Waals surface area contributed by atoms with Gasteiger partial charge in [0, 0.05) is 10.9 Å². The molecule has 0 radical (unpaired) electrons. The maximum Gasteiger partial charge on any atom is 0.140 e. The molecule has 0 aliphatic heterocycles. The first-order valence-electron chi connectivity index (χ1n) is 7.69. The number of aromatic nitrogens is 2. The molecule has 1 saturated carbocycles. The van der Waals surface area contributed by atoms with Gasteiger partial charge in [-0.05, 0) is 30.5 Å². The number of nitrogen functional groups attached to an aromatic ring is 1. The molecule has 1 aromatic carbocycles. The fourth-order valence-corrected chi connectivity index (χ4v) is 3.28. The van der Waals surface area contributed by atoms with E-state index < -0.39 is 0 Å². The third-order valence-electron chi connectivity index (χ3n) is 4.37. The van der Waals surface area contributed by atoms with Crippen LogP contribution in [0.25, 0.3) is 0 Å². The van der Waals surface area contributed by atoms with Gasteiger partial charge in [0.05, 0.1) is 12.2 Å². The summed E-state index contributed by atoms with van der Waals surface area (Å²) in [5.41, 5.74) is 8.66. The zero-order chi connectivity index (χ0) is 15.5. The Bertz CT molecular complexity index is 691. The summed E-state index contributed by atoms with van der Waals surface area (Å²) in [5, 5.41) is 14.8. The van der Waals surface area contributed by atoms with Crippen molar-refractivity contribution in [2.24, 2.45) is 0 Å². The summed E-state index contributed by atoms with van der Waals surface area (Å²) in [4.78, 5) is 0. The maximum absolute atomic E-state index is 9.44. The van der Waals surface area contributed by atoms with E-state index in [-0.39, 0.29) is 0 Å². The molecule has 0 saturated heterocycles. The van der Waals surface area contributed by atoms with Crippen LogP contribution in [0.15, 0.2) is 24.3 Å². The molecule has 4 nitrogen and oxygen atoms in total. The second kappa shape index (κ2) is 6.41. The van der Waals surface area contributed by atoms with Crippen LogP contribution < -0.4 is 5.73 Å². The number of hydrogen-bond acceptors (Lipinski definition) is 3. The molecule has 5 heteroatoms. The summed E-state index contributed by atoms with van der Waals surface area (Å²) >= 11 is 5.91. The van der Waals surface area contributed by atoms with Gasteiger partial charge in [0.15, 0.2) is 0 Å². The van der Waals surface area contributed by atoms with E-state index in [9.17, 15) is 5.26 Å². The molecule has 0 amide bonds. The number of anilines is 1. The average molecular weight is 315 g/mol. The molecule has 0 unspecified atom stereocenters. The van der Waals surface area contributed by atoms with E-state index >= 15 is 0 Å². The van der Waals surface area contributed by atoms with Crippen molar-refractivity contribution < 1.29 is 0 Å². The molecule has 3 rings (SSSR count). The smallest absolute Gasteiger partial charge is 0.140 e. The van der Waals surface area contributed by atoms with Gasteiger partial charge < -0.3 is 5.73 Å². The fourth-order valence-electron chi connectivity index (χ4n) is 3.15. The van der Waals surface area contributed by atoms with E-state index in [1.807, 2.05) is 24.3 Å². The van der Waals surface area contributed by atoms with E-state index in [1.54, 1.807) is 4.68 Å². The van der Waals surface area contributed by atoms with E-state index in [2.05, 4.69) is 11.2 Å². The van der Waals surface area contributed by atoms with Crippen molar-refractivity contribution in [3.8, 4) is 6.07 Å². The quantitative estimate of drug-likeness (QED) is 0.928. The Balaban J connectivity index is 1.90. The van der Waals surface area contributed by atoms with Gasteiger partial charge in [-0.1, -0.05) is 43.0 Å². The first-order chi connectivity index (χ1) is 10.7. The molecule has 1 aliphatic rings. The molecule has 114 valence electrons. The van der Waals surface area contributed by atoms with Crippen molar-refractivity contribution in [1.82, 2.24) is 9.78 Å². The fraction of sp³-hybridized carbons (Fsp3) is 0.412. The summed E-state index contributed by atoms with van der Waals surface area (Å²) < 4.78 is 1.74. The topological polar surface area (TPSA) is 67.6 Å². The Morgan fingerprint density at radius 2 is 1.91 bits per heavy atom. The van der Waals surface area contributed by atoms with Crippen LogP contribution in [0.4, 0.5) is 5.82 Å². The third kappa shape index (κ3) is 2.95. The summed E-state index contributed by atoms with van der Waals surface area (Å²) in [6, 6.07) is 9.86. The molecule has 22 heavy (non-hydrogen) atoms. The molecular formula is C17H19ClN4. The molecule has 1 fully saturated rings. The van der Waals surface area contributed by atoms with Gasteiger partial charge in [0.2, 0.25) is 0 Å². The van der Waals surface area contributed by atoms with Gasteiger partial charge in [-0.25, -0.2) is 4.68 Å². The Morgan fingerprint density at radius 3 is 2.55 bits per heavy atom. The lowest BCUT2D eigenvalue weighted by Crippen LogP contribution is -2.08. The SMILES string of the molecule is N#Cc1c(C2CCCCC2)nn(Cc2ccc(Cl)cc2)c1N. The molecule has 1 heterocycles. The van der Waals surface area contributed by atoms with Gasteiger partial charge in [-0.15, -0.1) is 0 Å². The molecule has 0 bridgehead atoms. The lowest BCUT2D eigenvalue weighted by Gasteiger charge is -2.19. The Hall–Kier alpha value is -1.99. The van der Waals surface area contributed by atoms with Crippen LogP contribution in [0.2, 0.25) is 5.02 Å². The maximum atomic E-state index is 9.44. The van der Waals surface area contributed by atoms with Crippen LogP contribution in [-0.2, 0) is 6.54 Å². The third-order valence-corrected chi connectivity index (χ3v) is 4.62. The first kappa shape index (κ1) is 14.9. The van der Waals surface area contributed by atoms with Crippen molar-refractivity contribution in [3.63, 3.8) is 0 Å². The monoisotopic (exact) mass is 314 g/mol. The number of halogens is 1. The Labute approximate surface area is 135 Å². The van der Waals surface area contributed by atoms with Gasteiger partial charge in [-0.3, -0.25) is 0 Å². The number of nitriles is 1. The van der Waals surface area contributed by atoms with Crippen molar-refractivity contribution in [2.45, 2.75) is 44.6 Å². The van der Waals surface area contributed by atoms with Crippen LogP contribution in [0.1, 0.15) is 54.8 Å². The molecule has 2 aromatic rings. The van der Waals surface area contributed by atoms with Gasteiger partial charge in [-0.2, -0.15) is 10.4 Å². The minimum absolute atomic E-state index is 0.372. The number of hydrogen-bond donors (Lipinski definition) is 1. The van der Waals surface area contributed by atoms with Crippen LogP contribution in [0.5, 0.6) is 0 Å². The number of nitrogens with two attached hydrogens (primary N) is 1. The molecule has 1 aliphatic carbocycles. The molecular weight excluding hydrogens is 296 g/mol. The molecule has 2 N–H and O–H groups in total. The zero-order valence-corrected chi connectivity index (χ0v) is 13.2. The minimum atomic E-state index is 0.372. The second-order valence-electron chi connectivity index (χ2n) is 5.88. The number of benzene rings is 1. The van der Waals surface area contributed by atoms with E-state index in [0.29, 0.717) is 28.9 Å². The molecule has 0 atom stereocenters. The lowest BCUT2D eigenvalue weighted by molar-refractivity contribution is 0.432. The second-order valence-corrected chi connectivity index (χ2v) is 6.31. The summed E-state index contributed by atoms with van der Waals surface area (Å²) in [6.45, 7) is 0.560. The first-order valence-corrected chi connectivity index (χ1v) is 8.07. The number of rotatable bonds is 3. The molecule has 1 aromatic heterocycles. The normalized spacial score (nSPS) is 15.6. The van der Waals surface area contributed by atoms with Crippen LogP contribution in [-0.4, -0.2) is 9.78 Å². The Kier molecular flexibility index (Phi) is 4.35. The van der Waals surface area contributed by atoms with Gasteiger partial charge in [0.25, 0.3) is 0 Å². The standard InChI is InChI=1S/C17H19ClN4/c18-14-8-6-12(7-9-14)11-22-17(20)15(10-19)16(21-22)13-4-2-1-3-5-13/h6-9,13H,1-5,11,20H2. The summed E-state index contributed by atoms with van der Waals surface area (Å²) in [7, 11) is 0. The van der Waals surface area contributed by atoms with Crippen LogP contribution in [0.3, 0.4) is 0 Å². The van der Waals surface area contributed by atoms with E-state index in [1.165, 1.54) is 19.3 Å². The van der Waals surface area contributed by atoms with E-state index in [4.69, 9.17) is 17.3 Å². The van der Waals surface area contributed by atoms with Crippen molar-refractivity contribution in [1.29, 1.82) is 5.26 Å². The minimum Gasteiger partial charge on any atom is -0.383 e. The highest BCUT2D eigenvalue weighted by Gasteiger charge is 2.24. The average Bonchev–Trinajstić information content (AvgIpc) is 2.86. The lowest BCUT2D eigenvalue weighted by atomic mass is 9.85. The van der Waals surface area contributed by atoms with Crippen LogP contribution >= 0.6 is 11.6 Å². The highest BCUT2D eigenvalue weighted by molar-refractivity contribution is 6.30. The Morgan fingerprint density at radius 1 is 1.23 bits per heavy atom. The van der Waals surface area contributed by atoms with Gasteiger partial charge in [0.1, 0.15) is 17.5 Å². The van der Waals surface area contributed by atoms with E-state index in [0.717, 1.165) is 24.1 Å². The summed E-state index contributed by atoms with van der Waals surface area (Å²) in [5.74, 6) is 0.843. The number of nitrogens with zero attached hydrogens (tertiary/aromatic N) is 3. The summed E-state index contributed by atoms with van der Waals surface area (Å²) in [6.07, 6.45) is 5.90. The zero-order valence-electron chi connectivity index (χ0n) is 12.4. The van der Waals surface area contributed by atoms with Crippen LogP contribution in [0, 0.1) is 11.3 Å². The largest absolute Gasteiger partial charge is 0.383 e.